The summed E-state index contributed by atoms with van der Waals surface area (Å²) >= 11 is 0. The fraction of sp³-hybridized carbons (Fsp3) is 0.421. The van der Waals surface area contributed by atoms with E-state index in [-0.39, 0.29) is 11.8 Å². The highest BCUT2D eigenvalue weighted by atomic mass is 16.5. The molecule has 2 N–H and O–H groups in total. The van der Waals surface area contributed by atoms with E-state index in [0.29, 0.717) is 48.9 Å². The second kappa shape index (κ2) is 18.1. The Bertz CT molecular complexity index is 1500. The fourth-order valence-electron chi connectivity index (χ4n) is 5.44. The number of anilines is 1. The number of methoxy groups -OCH3 is 1. The predicted octanol–water partition coefficient (Wildman–Crippen LogP) is 5.89. The second-order valence-electron chi connectivity index (χ2n) is 12.0. The molecule has 1 saturated heterocycles. The molecule has 0 aromatic heterocycles. The third-order valence-corrected chi connectivity index (χ3v) is 8.38. The standard InChI is InChI=1S/C38H50N4O5/c1-29-14-19-33(36(27-29)47-25-9-5-6-13-37(43)42-23-21-40(2)22-24-42)41(3)38(44)32-18-17-31(35(28-32)45-4)16-15-30-11-7-8-12-34(30)46-26-10-20-39/h7-8,11-12,14-19,27-28H,5-6,9-10,13,20-26,39H2,1-4H3/b16-15+. The number of likely N-dealkylation sites (N-methyl/N-ethyl adjacent to an activating group) is 1. The Labute approximate surface area is 279 Å². The molecule has 252 valence electrons. The van der Waals surface area contributed by atoms with Crippen LogP contribution in [0.15, 0.2) is 60.7 Å². The maximum absolute atomic E-state index is 13.7. The van der Waals surface area contributed by atoms with Gasteiger partial charge in [-0.2, -0.15) is 0 Å². The van der Waals surface area contributed by atoms with Crippen LogP contribution in [0.4, 0.5) is 5.69 Å². The van der Waals surface area contributed by atoms with E-state index in [4.69, 9.17) is 19.9 Å². The summed E-state index contributed by atoms with van der Waals surface area (Å²) in [5, 5.41) is 0. The summed E-state index contributed by atoms with van der Waals surface area (Å²) in [6.45, 7) is 7.16. The van der Waals surface area contributed by atoms with Gasteiger partial charge in [-0.3, -0.25) is 9.59 Å². The third-order valence-electron chi connectivity index (χ3n) is 8.38. The molecule has 1 fully saturated rings. The van der Waals surface area contributed by atoms with Crippen molar-refractivity contribution < 1.29 is 23.8 Å². The number of rotatable bonds is 16. The van der Waals surface area contributed by atoms with Crippen LogP contribution in [0.1, 0.15) is 59.2 Å². The lowest BCUT2D eigenvalue weighted by atomic mass is 10.1. The van der Waals surface area contributed by atoms with Gasteiger partial charge in [-0.05, 0) is 82.1 Å². The second-order valence-corrected chi connectivity index (χ2v) is 12.0. The number of aryl methyl sites for hydroxylation is 1. The molecule has 47 heavy (non-hydrogen) atoms. The zero-order valence-corrected chi connectivity index (χ0v) is 28.4. The molecule has 9 nitrogen and oxygen atoms in total. The molecule has 2 amide bonds. The van der Waals surface area contributed by atoms with Crippen molar-refractivity contribution in [3.8, 4) is 17.2 Å². The topological polar surface area (TPSA) is 97.6 Å². The van der Waals surface area contributed by atoms with Crippen LogP contribution in [0.2, 0.25) is 0 Å². The SMILES string of the molecule is COc1cc(C(=O)N(C)c2ccc(C)cc2OCCCCCC(=O)N2CCN(C)CC2)ccc1/C=C/c1ccccc1OCCCN. The Morgan fingerprint density at radius 2 is 1.53 bits per heavy atom. The molecule has 4 rings (SSSR count). The van der Waals surface area contributed by atoms with E-state index in [1.807, 2.05) is 78.6 Å². The number of benzene rings is 3. The number of ether oxygens (including phenoxy) is 3. The molecule has 0 aliphatic carbocycles. The summed E-state index contributed by atoms with van der Waals surface area (Å²) in [7, 11) is 5.45. The molecule has 3 aromatic carbocycles. The molecular weight excluding hydrogens is 592 g/mol. The number of amides is 2. The van der Waals surface area contributed by atoms with Crippen LogP contribution in [0.3, 0.4) is 0 Å². The zero-order chi connectivity index (χ0) is 33.6. The van der Waals surface area contributed by atoms with Gasteiger partial charge in [0, 0.05) is 56.3 Å². The Morgan fingerprint density at radius 1 is 0.830 bits per heavy atom. The Kier molecular flexibility index (Phi) is 13.7. The van der Waals surface area contributed by atoms with Gasteiger partial charge in [-0.15, -0.1) is 0 Å². The van der Waals surface area contributed by atoms with Gasteiger partial charge >= 0.3 is 0 Å². The molecule has 1 aliphatic rings. The number of carbonyl (C=O) groups is 2. The predicted molar refractivity (Wildman–Crippen MR) is 189 cm³/mol. The molecule has 0 atom stereocenters. The van der Waals surface area contributed by atoms with Crippen molar-refractivity contribution in [2.75, 3.05) is 72.0 Å². The van der Waals surface area contributed by atoms with Gasteiger partial charge in [-0.1, -0.05) is 42.5 Å². The van der Waals surface area contributed by atoms with Gasteiger partial charge in [0.2, 0.25) is 5.91 Å². The third kappa shape index (κ3) is 10.3. The number of piperazine rings is 1. The van der Waals surface area contributed by atoms with E-state index in [9.17, 15) is 9.59 Å². The van der Waals surface area contributed by atoms with Crippen LogP contribution >= 0.6 is 0 Å². The van der Waals surface area contributed by atoms with Gasteiger partial charge < -0.3 is 34.6 Å². The normalized spacial score (nSPS) is 13.5. The van der Waals surface area contributed by atoms with Gasteiger partial charge in [-0.25, -0.2) is 0 Å². The molecule has 9 heteroatoms. The average molecular weight is 643 g/mol. The van der Waals surface area contributed by atoms with E-state index in [2.05, 4.69) is 11.9 Å². The number of nitrogens with two attached hydrogens (primary N) is 1. The first-order valence-electron chi connectivity index (χ1n) is 16.6. The summed E-state index contributed by atoms with van der Waals surface area (Å²) in [5.41, 5.74) is 9.63. The van der Waals surface area contributed by atoms with Crippen LogP contribution in [-0.4, -0.2) is 88.8 Å². The Hall–Kier alpha value is -4.34. The van der Waals surface area contributed by atoms with Crippen molar-refractivity contribution in [1.82, 2.24) is 9.80 Å². The van der Waals surface area contributed by atoms with E-state index in [1.165, 1.54) is 0 Å². The largest absolute Gasteiger partial charge is 0.496 e. The summed E-state index contributed by atoms with van der Waals surface area (Å²) in [6.07, 6.45) is 7.87. The minimum Gasteiger partial charge on any atom is -0.496 e. The lowest BCUT2D eigenvalue weighted by Gasteiger charge is -2.32. The van der Waals surface area contributed by atoms with Crippen LogP contribution < -0.4 is 24.8 Å². The molecule has 0 bridgehead atoms. The monoisotopic (exact) mass is 642 g/mol. The van der Waals surface area contributed by atoms with E-state index in [0.717, 1.165) is 74.3 Å². The van der Waals surface area contributed by atoms with Gasteiger partial charge in [0.25, 0.3) is 5.91 Å². The highest BCUT2D eigenvalue weighted by Gasteiger charge is 2.20. The lowest BCUT2D eigenvalue weighted by Crippen LogP contribution is -2.47. The number of para-hydroxylation sites is 1. The van der Waals surface area contributed by atoms with Gasteiger partial charge in [0.1, 0.15) is 17.2 Å². The van der Waals surface area contributed by atoms with Crippen molar-refractivity contribution in [2.45, 2.75) is 39.0 Å². The highest BCUT2D eigenvalue weighted by molar-refractivity contribution is 6.07. The van der Waals surface area contributed by atoms with Crippen molar-refractivity contribution in [3.63, 3.8) is 0 Å². The first-order chi connectivity index (χ1) is 22.8. The first-order valence-corrected chi connectivity index (χ1v) is 16.6. The molecule has 0 spiro atoms. The molecule has 3 aromatic rings. The minimum absolute atomic E-state index is 0.173. The van der Waals surface area contributed by atoms with Gasteiger partial charge in [0.15, 0.2) is 0 Å². The maximum Gasteiger partial charge on any atom is 0.258 e. The van der Waals surface area contributed by atoms with E-state index >= 15 is 0 Å². The van der Waals surface area contributed by atoms with Crippen molar-refractivity contribution in [1.29, 1.82) is 0 Å². The molecular formula is C38H50N4O5. The van der Waals surface area contributed by atoms with Crippen LogP contribution in [0, 0.1) is 6.92 Å². The summed E-state index contributed by atoms with van der Waals surface area (Å²) in [4.78, 5) is 32.0. The maximum atomic E-state index is 13.7. The molecule has 1 heterocycles. The number of hydrogen-bond donors (Lipinski definition) is 1. The number of carbonyl (C=O) groups excluding carboxylic acids is 2. The van der Waals surface area contributed by atoms with Crippen molar-refractivity contribution in [2.24, 2.45) is 5.73 Å². The summed E-state index contributed by atoms with van der Waals surface area (Å²) < 4.78 is 17.8. The molecule has 0 unspecified atom stereocenters. The Balaban J connectivity index is 1.35. The smallest absolute Gasteiger partial charge is 0.258 e. The fourth-order valence-corrected chi connectivity index (χ4v) is 5.44. The Morgan fingerprint density at radius 3 is 2.28 bits per heavy atom. The van der Waals surface area contributed by atoms with Crippen molar-refractivity contribution in [3.05, 3.63) is 82.9 Å². The molecule has 1 aliphatic heterocycles. The van der Waals surface area contributed by atoms with Crippen LogP contribution in [-0.2, 0) is 4.79 Å². The number of unbranched alkanes of at least 4 members (excludes halogenated alkanes) is 2. The average Bonchev–Trinajstić information content (AvgIpc) is 3.09. The molecule has 0 radical (unpaired) electrons. The number of nitrogens with zero attached hydrogens (tertiary/aromatic N) is 3. The summed E-state index contributed by atoms with van der Waals surface area (Å²) in [6, 6.07) is 19.1. The molecule has 0 saturated carbocycles. The summed E-state index contributed by atoms with van der Waals surface area (Å²) in [5.74, 6) is 2.11. The van der Waals surface area contributed by atoms with E-state index in [1.54, 1.807) is 25.1 Å². The van der Waals surface area contributed by atoms with Crippen molar-refractivity contribution >= 4 is 29.7 Å². The number of hydrogen-bond acceptors (Lipinski definition) is 7. The highest BCUT2D eigenvalue weighted by Crippen LogP contribution is 2.32. The van der Waals surface area contributed by atoms with E-state index < -0.39 is 0 Å². The quantitative estimate of drug-likeness (QED) is 0.154. The first kappa shape index (κ1) is 35.5. The van der Waals surface area contributed by atoms with Crippen LogP contribution in [0.25, 0.3) is 12.2 Å². The van der Waals surface area contributed by atoms with Gasteiger partial charge in [0.05, 0.1) is 26.0 Å². The zero-order valence-electron chi connectivity index (χ0n) is 28.4. The lowest BCUT2D eigenvalue weighted by molar-refractivity contribution is -0.132. The van der Waals surface area contributed by atoms with Crippen LogP contribution in [0.5, 0.6) is 17.2 Å². The minimum atomic E-state index is -0.173.